The van der Waals surface area contributed by atoms with E-state index in [1.54, 1.807) is 0 Å². The van der Waals surface area contributed by atoms with Crippen LogP contribution in [0.15, 0.2) is 0 Å². The van der Waals surface area contributed by atoms with Crippen LogP contribution in [0.2, 0.25) is 6.82 Å². The van der Waals surface area contributed by atoms with Crippen molar-refractivity contribution in [3.8, 4) is 0 Å². The van der Waals surface area contributed by atoms with E-state index in [1.165, 1.54) is 12.8 Å². The Morgan fingerprint density at radius 1 is 1.07 bits per heavy atom. The van der Waals surface area contributed by atoms with Gasteiger partial charge in [-0.3, -0.25) is 0 Å². The molecule has 0 radical (unpaired) electrons. The van der Waals surface area contributed by atoms with Gasteiger partial charge in [-0.1, -0.05) is 20.3 Å². The molecule has 1 aliphatic heterocycles. The molecular formula is C11H23BO2. The number of hydrogen-bond acceptors (Lipinski definition) is 2. The summed E-state index contributed by atoms with van der Waals surface area (Å²) in [4.78, 5) is 0. The van der Waals surface area contributed by atoms with Gasteiger partial charge in [0.15, 0.2) is 0 Å². The van der Waals surface area contributed by atoms with E-state index in [0.717, 1.165) is 12.8 Å². The van der Waals surface area contributed by atoms with E-state index in [4.69, 9.17) is 9.31 Å². The molecule has 2 rings (SSSR count). The van der Waals surface area contributed by atoms with Crippen molar-refractivity contribution in [3.05, 3.63) is 0 Å². The molecule has 0 bridgehead atoms. The zero-order chi connectivity index (χ0) is 10.8. The van der Waals surface area contributed by atoms with Crippen molar-refractivity contribution in [2.45, 2.75) is 71.4 Å². The minimum Gasteiger partial charge on any atom is -0.403 e. The molecule has 2 nitrogen and oxygen atoms in total. The quantitative estimate of drug-likeness (QED) is 0.556. The Hall–Kier alpha value is -0.0151. The number of fused-ring (bicyclic) bond motifs is 1. The molecule has 82 valence electrons. The first-order valence-electron chi connectivity index (χ1n) is 5.83. The average Bonchev–Trinajstić information content (AvgIpc) is 2.37. The van der Waals surface area contributed by atoms with Gasteiger partial charge in [-0.15, -0.1) is 0 Å². The average molecular weight is 198 g/mol. The second-order valence-electron chi connectivity index (χ2n) is 4.83. The molecule has 1 saturated carbocycles. The zero-order valence-electron chi connectivity index (χ0n) is 10.2. The van der Waals surface area contributed by atoms with Crippen LogP contribution >= 0.6 is 0 Å². The van der Waals surface area contributed by atoms with Gasteiger partial charge in [-0.2, -0.15) is 0 Å². The molecular weight excluding hydrogens is 175 g/mol. The molecule has 0 aromatic heterocycles. The van der Waals surface area contributed by atoms with E-state index in [2.05, 4.69) is 27.7 Å². The molecule has 1 aliphatic carbocycles. The molecule has 0 aromatic carbocycles. The predicted molar refractivity (Wildman–Crippen MR) is 60.4 cm³/mol. The van der Waals surface area contributed by atoms with E-state index in [9.17, 15) is 0 Å². The van der Waals surface area contributed by atoms with E-state index in [0.29, 0.717) is 0 Å². The van der Waals surface area contributed by atoms with Crippen LogP contribution in [0.25, 0.3) is 0 Å². The third-order valence-corrected chi connectivity index (χ3v) is 3.28. The summed E-state index contributed by atoms with van der Waals surface area (Å²) < 4.78 is 11.5. The third-order valence-electron chi connectivity index (χ3n) is 3.28. The summed E-state index contributed by atoms with van der Waals surface area (Å²) in [6.07, 6.45) is 4.78. The Labute approximate surface area is 88.5 Å². The maximum Gasteiger partial charge on any atom is 0.454 e. The van der Waals surface area contributed by atoms with Crippen molar-refractivity contribution in [2.24, 2.45) is 0 Å². The van der Waals surface area contributed by atoms with Gasteiger partial charge < -0.3 is 9.31 Å². The van der Waals surface area contributed by atoms with Crippen molar-refractivity contribution in [1.82, 2.24) is 0 Å². The van der Waals surface area contributed by atoms with Crippen molar-refractivity contribution in [1.29, 1.82) is 0 Å². The van der Waals surface area contributed by atoms with Gasteiger partial charge >= 0.3 is 7.12 Å². The lowest BCUT2D eigenvalue weighted by Crippen LogP contribution is -2.41. The predicted octanol–water partition coefficient (Wildman–Crippen LogP) is 3.27. The normalized spacial score (nSPS) is 40.5. The zero-order valence-corrected chi connectivity index (χ0v) is 10.2. The van der Waals surface area contributed by atoms with Gasteiger partial charge in [0, 0.05) is 0 Å². The Bertz CT molecular complexity index is 180. The first kappa shape index (κ1) is 12.1. The lowest BCUT2D eigenvalue weighted by molar-refractivity contribution is 0.00578. The monoisotopic (exact) mass is 198 g/mol. The highest BCUT2D eigenvalue weighted by Crippen LogP contribution is 2.49. The molecule has 1 heterocycles. The highest BCUT2D eigenvalue weighted by Gasteiger charge is 2.57. The second-order valence-corrected chi connectivity index (χ2v) is 4.83. The summed E-state index contributed by atoms with van der Waals surface area (Å²) in [5.74, 6) is 0. The summed E-state index contributed by atoms with van der Waals surface area (Å²) in [5, 5.41) is 0. The van der Waals surface area contributed by atoms with Crippen molar-refractivity contribution < 1.29 is 9.31 Å². The first-order chi connectivity index (χ1) is 6.47. The Kier molecular flexibility index (Phi) is 3.65. The number of rotatable bonds is 0. The SMILES string of the molecule is CB1O[C@]2(C)CCC[C@]2(C)O1.CCC. The molecule has 14 heavy (non-hydrogen) atoms. The van der Waals surface area contributed by atoms with Gasteiger partial charge in [-0.05, 0) is 39.9 Å². The molecule has 0 spiro atoms. The fourth-order valence-corrected chi connectivity index (χ4v) is 2.42. The van der Waals surface area contributed by atoms with Crippen LogP contribution in [-0.2, 0) is 9.31 Å². The molecule has 0 N–H and O–H groups in total. The van der Waals surface area contributed by atoms with Gasteiger partial charge in [0.25, 0.3) is 0 Å². The molecule has 0 amide bonds. The first-order valence-corrected chi connectivity index (χ1v) is 5.83. The lowest BCUT2D eigenvalue weighted by Gasteiger charge is -2.32. The summed E-state index contributed by atoms with van der Waals surface area (Å²) in [7, 11) is -0.00898. The van der Waals surface area contributed by atoms with Crippen LogP contribution in [0, 0.1) is 0 Å². The second kappa shape index (κ2) is 4.24. The molecule has 0 aromatic rings. The Morgan fingerprint density at radius 3 is 1.79 bits per heavy atom. The van der Waals surface area contributed by atoms with Crippen molar-refractivity contribution >= 4 is 7.12 Å². The minimum absolute atomic E-state index is 0.00752. The molecule has 2 fully saturated rings. The summed E-state index contributed by atoms with van der Waals surface area (Å²) in [6.45, 7) is 10.6. The maximum absolute atomic E-state index is 5.75. The molecule has 2 atom stereocenters. The van der Waals surface area contributed by atoms with E-state index in [1.807, 2.05) is 6.82 Å². The molecule has 1 saturated heterocycles. The van der Waals surface area contributed by atoms with Crippen LogP contribution < -0.4 is 0 Å². The summed E-state index contributed by atoms with van der Waals surface area (Å²) in [6, 6.07) is 0. The van der Waals surface area contributed by atoms with E-state index in [-0.39, 0.29) is 18.3 Å². The van der Waals surface area contributed by atoms with Crippen LogP contribution in [0.4, 0.5) is 0 Å². The van der Waals surface area contributed by atoms with Gasteiger partial charge in [0.2, 0.25) is 0 Å². The topological polar surface area (TPSA) is 18.5 Å². The Balaban J connectivity index is 0.000000293. The van der Waals surface area contributed by atoms with Crippen molar-refractivity contribution in [3.63, 3.8) is 0 Å². The minimum atomic E-state index is -0.00898. The smallest absolute Gasteiger partial charge is 0.403 e. The highest BCUT2D eigenvalue weighted by atomic mass is 16.7. The maximum atomic E-state index is 5.75. The standard InChI is InChI=1S/C8H15BO2.C3H8/c1-7-5-4-6-8(7,2)11-9(3)10-7;1-3-2/h4-6H2,1-3H3;3H2,1-2H3/t7-,8+;. The molecule has 2 aliphatic rings. The summed E-state index contributed by atoms with van der Waals surface area (Å²) >= 11 is 0. The highest BCUT2D eigenvalue weighted by molar-refractivity contribution is 6.43. The number of hydrogen-bond donors (Lipinski definition) is 0. The largest absolute Gasteiger partial charge is 0.454 e. The van der Waals surface area contributed by atoms with E-state index >= 15 is 0 Å². The van der Waals surface area contributed by atoms with Crippen molar-refractivity contribution in [2.75, 3.05) is 0 Å². The van der Waals surface area contributed by atoms with Gasteiger partial charge in [-0.25, -0.2) is 0 Å². The van der Waals surface area contributed by atoms with E-state index < -0.39 is 0 Å². The van der Waals surface area contributed by atoms with Crippen LogP contribution in [0.5, 0.6) is 0 Å². The molecule has 3 heteroatoms. The third kappa shape index (κ3) is 1.99. The van der Waals surface area contributed by atoms with Gasteiger partial charge in [0.1, 0.15) is 0 Å². The fraction of sp³-hybridized carbons (Fsp3) is 1.00. The summed E-state index contributed by atoms with van der Waals surface area (Å²) in [5.41, 5.74) is -0.0150. The Morgan fingerprint density at radius 2 is 1.43 bits per heavy atom. The fourth-order valence-electron chi connectivity index (χ4n) is 2.42. The molecule has 0 unspecified atom stereocenters. The van der Waals surface area contributed by atoms with Crippen LogP contribution in [0.1, 0.15) is 53.4 Å². The van der Waals surface area contributed by atoms with Crippen LogP contribution in [-0.4, -0.2) is 18.3 Å². The van der Waals surface area contributed by atoms with Gasteiger partial charge in [0.05, 0.1) is 11.2 Å². The lowest BCUT2D eigenvalue weighted by atomic mass is 9.90. The van der Waals surface area contributed by atoms with Crippen LogP contribution in [0.3, 0.4) is 0 Å².